The van der Waals surface area contributed by atoms with Crippen molar-refractivity contribution >= 4 is 17.6 Å². The van der Waals surface area contributed by atoms with E-state index in [9.17, 15) is 4.39 Å². The lowest BCUT2D eigenvalue weighted by molar-refractivity contribution is 0.626. The minimum absolute atomic E-state index is 0.0149. The maximum Gasteiger partial charge on any atom is 0.223 e. The molecule has 112 valence electrons. The summed E-state index contributed by atoms with van der Waals surface area (Å²) in [7, 11) is 0. The topological polar surface area (TPSA) is 75.9 Å². The van der Waals surface area contributed by atoms with Gasteiger partial charge in [-0.1, -0.05) is 19.1 Å². The van der Waals surface area contributed by atoms with Gasteiger partial charge < -0.3 is 16.4 Å². The SMILES string of the molecule is CCCNc1cc(NC(C)c2ccc(F)cc2)nc(N)n1. The Morgan fingerprint density at radius 3 is 2.52 bits per heavy atom. The first-order valence-electron chi connectivity index (χ1n) is 6.99. The highest BCUT2D eigenvalue weighted by molar-refractivity contribution is 5.52. The summed E-state index contributed by atoms with van der Waals surface area (Å²) in [6.07, 6.45) is 0.999. The van der Waals surface area contributed by atoms with Crippen LogP contribution in [-0.4, -0.2) is 16.5 Å². The van der Waals surface area contributed by atoms with Crippen LogP contribution in [-0.2, 0) is 0 Å². The van der Waals surface area contributed by atoms with Gasteiger partial charge >= 0.3 is 0 Å². The summed E-state index contributed by atoms with van der Waals surface area (Å²) in [5.41, 5.74) is 6.68. The van der Waals surface area contributed by atoms with E-state index in [-0.39, 0.29) is 17.8 Å². The Labute approximate surface area is 123 Å². The van der Waals surface area contributed by atoms with Crippen molar-refractivity contribution in [2.45, 2.75) is 26.3 Å². The van der Waals surface area contributed by atoms with Gasteiger partial charge in [0, 0.05) is 18.7 Å². The van der Waals surface area contributed by atoms with Gasteiger partial charge in [-0.05, 0) is 31.0 Å². The number of rotatable bonds is 6. The molecule has 0 aliphatic carbocycles. The predicted octanol–water partition coefficient (Wildman–Crippen LogP) is 3.19. The predicted molar refractivity (Wildman–Crippen MR) is 83.7 cm³/mol. The fourth-order valence-electron chi connectivity index (χ4n) is 1.94. The number of aromatic nitrogens is 2. The van der Waals surface area contributed by atoms with Crippen LogP contribution in [0, 0.1) is 5.82 Å². The molecule has 0 aliphatic rings. The van der Waals surface area contributed by atoms with Crippen molar-refractivity contribution in [1.82, 2.24) is 9.97 Å². The highest BCUT2D eigenvalue weighted by Crippen LogP contribution is 2.20. The van der Waals surface area contributed by atoms with Gasteiger partial charge in [0.1, 0.15) is 17.5 Å². The third-order valence-corrected chi connectivity index (χ3v) is 3.03. The van der Waals surface area contributed by atoms with Gasteiger partial charge in [-0.3, -0.25) is 0 Å². The van der Waals surface area contributed by atoms with Gasteiger partial charge in [0.2, 0.25) is 5.95 Å². The number of halogens is 1. The maximum atomic E-state index is 12.9. The van der Waals surface area contributed by atoms with Crippen LogP contribution in [0.15, 0.2) is 30.3 Å². The lowest BCUT2D eigenvalue weighted by atomic mass is 10.1. The van der Waals surface area contributed by atoms with Crippen LogP contribution in [0.25, 0.3) is 0 Å². The zero-order chi connectivity index (χ0) is 15.2. The van der Waals surface area contributed by atoms with E-state index in [0.29, 0.717) is 11.6 Å². The number of benzene rings is 1. The normalized spacial score (nSPS) is 12.0. The lowest BCUT2D eigenvalue weighted by Gasteiger charge is -2.16. The Morgan fingerprint density at radius 1 is 1.19 bits per heavy atom. The molecule has 0 amide bonds. The summed E-state index contributed by atoms with van der Waals surface area (Å²) in [6, 6.07) is 8.17. The minimum Gasteiger partial charge on any atom is -0.370 e. The molecule has 0 spiro atoms. The molecule has 0 radical (unpaired) electrons. The Kier molecular flexibility index (Phi) is 4.92. The average molecular weight is 289 g/mol. The summed E-state index contributed by atoms with van der Waals surface area (Å²) in [5, 5.41) is 6.42. The van der Waals surface area contributed by atoms with Gasteiger partial charge in [0.15, 0.2) is 0 Å². The standard InChI is InChI=1S/C15H20FN5/c1-3-8-18-13-9-14(21-15(17)20-13)19-10(2)11-4-6-12(16)7-5-11/h4-7,9-10H,3,8H2,1-2H3,(H4,17,18,19,20,21). The number of hydrogen-bond donors (Lipinski definition) is 3. The fourth-order valence-corrected chi connectivity index (χ4v) is 1.94. The number of nitrogen functional groups attached to an aromatic ring is 1. The number of anilines is 3. The third-order valence-electron chi connectivity index (χ3n) is 3.03. The van der Waals surface area contributed by atoms with Crippen molar-refractivity contribution in [3.8, 4) is 0 Å². The monoisotopic (exact) mass is 289 g/mol. The summed E-state index contributed by atoms with van der Waals surface area (Å²) < 4.78 is 12.9. The summed E-state index contributed by atoms with van der Waals surface area (Å²) in [4.78, 5) is 8.30. The first-order chi connectivity index (χ1) is 10.1. The molecule has 1 aromatic carbocycles. The Bertz CT molecular complexity index is 585. The van der Waals surface area contributed by atoms with Crippen LogP contribution in [0.1, 0.15) is 31.9 Å². The molecular formula is C15H20FN5. The van der Waals surface area contributed by atoms with E-state index in [1.165, 1.54) is 12.1 Å². The van der Waals surface area contributed by atoms with Crippen LogP contribution in [0.2, 0.25) is 0 Å². The molecule has 4 N–H and O–H groups in total. The molecule has 5 nitrogen and oxygen atoms in total. The van der Waals surface area contributed by atoms with Crippen LogP contribution in [0.3, 0.4) is 0 Å². The Hall–Kier alpha value is -2.37. The molecule has 6 heteroatoms. The number of hydrogen-bond acceptors (Lipinski definition) is 5. The Morgan fingerprint density at radius 2 is 1.86 bits per heavy atom. The number of nitrogens with zero attached hydrogens (tertiary/aromatic N) is 2. The molecule has 1 unspecified atom stereocenters. The first-order valence-corrected chi connectivity index (χ1v) is 6.99. The maximum absolute atomic E-state index is 12.9. The quantitative estimate of drug-likeness (QED) is 0.761. The Balaban J connectivity index is 2.10. The summed E-state index contributed by atoms with van der Waals surface area (Å²) >= 11 is 0. The average Bonchev–Trinajstić information content (AvgIpc) is 2.45. The molecule has 21 heavy (non-hydrogen) atoms. The van der Waals surface area contributed by atoms with Crippen molar-refractivity contribution in [2.75, 3.05) is 22.9 Å². The molecule has 0 fully saturated rings. The van der Waals surface area contributed by atoms with Gasteiger partial charge in [-0.15, -0.1) is 0 Å². The summed E-state index contributed by atoms with van der Waals surface area (Å²) in [5.74, 6) is 1.30. The van der Waals surface area contributed by atoms with Crippen molar-refractivity contribution < 1.29 is 4.39 Å². The van der Waals surface area contributed by atoms with Gasteiger partial charge in [0.05, 0.1) is 0 Å². The molecule has 0 saturated heterocycles. The second-order valence-corrected chi connectivity index (χ2v) is 4.84. The molecule has 1 atom stereocenters. The van der Waals surface area contributed by atoms with E-state index in [0.717, 1.165) is 18.5 Å². The van der Waals surface area contributed by atoms with Crippen molar-refractivity contribution in [2.24, 2.45) is 0 Å². The van der Waals surface area contributed by atoms with E-state index in [1.54, 1.807) is 12.1 Å². The minimum atomic E-state index is -0.247. The molecule has 1 aromatic heterocycles. The fraction of sp³-hybridized carbons (Fsp3) is 0.333. The van der Waals surface area contributed by atoms with E-state index in [2.05, 4.69) is 27.5 Å². The zero-order valence-corrected chi connectivity index (χ0v) is 12.2. The third kappa shape index (κ3) is 4.30. The van der Waals surface area contributed by atoms with Crippen LogP contribution in [0.4, 0.5) is 22.0 Å². The molecule has 1 heterocycles. The molecule has 0 saturated carbocycles. The largest absolute Gasteiger partial charge is 0.370 e. The number of nitrogens with one attached hydrogen (secondary N) is 2. The highest BCUT2D eigenvalue weighted by atomic mass is 19.1. The van der Waals surface area contributed by atoms with Crippen LogP contribution >= 0.6 is 0 Å². The van der Waals surface area contributed by atoms with E-state index >= 15 is 0 Å². The van der Waals surface area contributed by atoms with Gasteiger partial charge in [-0.2, -0.15) is 9.97 Å². The highest BCUT2D eigenvalue weighted by Gasteiger charge is 2.08. The zero-order valence-electron chi connectivity index (χ0n) is 12.2. The molecule has 2 rings (SSSR count). The van der Waals surface area contributed by atoms with Crippen LogP contribution < -0.4 is 16.4 Å². The van der Waals surface area contributed by atoms with Gasteiger partial charge in [0.25, 0.3) is 0 Å². The smallest absolute Gasteiger partial charge is 0.223 e. The van der Waals surface area contributed by atoms with E-state index < -0.39 is 0 Å². The molecule has 0 aliphatic heterocycles. The molecular weight excluding hydrogens is 269 g/mol. The van der Waals surface area contributed by atoms with E-state index in [1.807, 2.05) is 13.0 Å². The van der Waals surface area contributed by atoms with Crippen LogP contribution in [0.5, 0.6) is 0 Å². The van der Waals surface area contributed by atoms with Crippen molar-refractivity contribution in [3.63, 3.8) is 0 Å². The summed E-state index contributed by atoms with van der Waals surface area (Å²) in [6.45, 7) is 4.88. The second-order valence-electron chi connectivity index (χ2n) is 4.84. The lowest BCUT2D eigenvalue weighted by Crippen LogP contribution is -2.11. The second kappa shape index (κ2) is 6.88. The van der Waals surface area contributed by atoms with Gasteiger partial charge in [-0.25, -0.2) is 4.39 Å². The molecule has 0 bridgehead atoms. The molecule has 2 aromatic rings. The first kappa shape index (κ1) is 15.0. The van der Waals surface area contributed by atoms with E-state index in [4.69, 9.17) is 5.73 Å². The number of nitrogens with two attached hydrogens (primary N) is 1. The van der Waals surface area contributed by atoms with Crippen molar-refractivity contribution in [1.29, 1.82) is 0 Å². The van der Waals surface area contributed by atoms with Crippen molar-refractivity contribution in [3.05, 3.63) is 41.7 Å².